The number of halogens is 1. The summed E-state index contributed by atoms with van der Waals surface area (Å²) in [6.45, 7) is 4.00. The Kier molecular flexibility index (Phi) is 8.00. The van der Waals surface area contributed by atoms with Crippen molar-refractivity contribution >= 4 is 34.9 Å². The Morgan fingerprint density at radius 2 is 1.89 bits per heavy atom. The topological polar surface area (TPSA) is 87.7 Å². The second-order valence-electron chi connectivity index (χ2n) is 8.62. The molecule has 2 N–H and O–H groups in total. The van der Waals surface area contributed by atoms with Gasteiger partial charge in [-0.3, -0.25) is 9.59 Å². The largest absolute Gasteiger partial charge is 0.466 e. The fourth-order valence-corrected chi connectivity index (χ4v) is 5.35. The molecule has 3 aromatic rings. The molecule has 1 aliphatic heterocycles. The highest BCUT2D eigenvalue weighted by Gasteiger charge is 2.51. The first-order valence-electron chi connectivity index (χ1n) is 11.8. The van der Waals surface area contributed by atoms with Gasteiger partial charge in [-0.1, -0.05) is 30.3 Å². The van der Waals surface area contributed by atoms with E-state index in [1.54, 1.807) is 25.1 Å². The molecule has 0 aliphatic carbocycles. The first-order chi connectivity index (χ1) is 17.4. The van der Waals surface area contributed by atoms with Crippen LogP contribution in [0.4, 0.5) is 14.9 Å². The average molecular weight is 510 g/mol. The monoisotopic (exact) mass is 509 g/mol. The molecule has 3 amide bonds. The van der Waals surface area contributed by atoms with Crippen molar-refractivity contribution in [3.8, 4) is 0 Å². The number of thiophene rings is 1. The van der Waals surface area contributed by atoms with Crippen molar-refractivity contribution < 1.29 is 23.5 Å². The Labute approximate surface area is 213 Å². The minimum absolute atomic E-state index is 0.123. The smallest absolute Gasteiger partial charge is 0.323 e. The number of carbonyl (C=O) groups excluding carboxylic acids is 3. The van der Waals surface area contributed by atoms with Crippen LogP contribution < -0.4 is 10.6 Å². The highest BCUT2D eigenvalue weighted by molar-refractivity contribution is 7.10. The predicted molar refractivity (Wildman–Crippen MR) is 136 cm³/mol. The molecule has 4 rings (SSSR count). The summed E-state index contributed by atoms with van der Waals surface area (Å²) in [5, 5.41) is 7.61. The lowest BCUT2D eigenvalue weighted by molar-refractivity contribution is -0.148. The van der Waals surface area contributed by atoms with Crippen LogP contribution in [0.15, 0.2) is 66.0 Å². The van der Waals surface area contributed by atoms with Gasteiger partial charge in [0.25, 0.3) is 0 Å². The molecule has 1 aromatic heterocycles. The summed E-state index contributed by atoms with van der Waals surface area (Å²) >= 11 is 1.42. The van der Waals surface area contributed by atoms with E-state index in [-0.39, 0.29) is 25.4 Å². The molecule has 0 spiro atoms. The molecule has 36 heavy (non-hydrogen) atoms. The molecule has 0 saturated carbocycles. The molecule has 2 heterocycles. The minimum atomic E-state index is -0.906. The Bertz CT molecular complexity index is 1220. The number of ether oxygens (including phenoxy) is 1. The number of aryl methyl sites for hydroxylation is 1. The molecular formula is C27H28FN3O4S. The van der Waals surface area contributed by atoms with Crippen molar-refractivity contribution in [1.82, 2.24) is 10.2 Å². The first kappa shape index (κ1) is 25.4. The number of rotatable bonds is 7. The Morgan fingerprint density at radius 1 is 1.11 bits per heavy atom. The molecule has 9 heteroatoms. The van der Waals surface area contributed by atoms with Crippen LogP contribution in [-0.4, -0.2) is 35.5 Å². The number of hydrogen-bond acceptors (Lipinski definition) is 5. The third kappa shape index (κ3) is 5.73. The molecule has 3 atom stereocenters. The molecule has 0 bridgehead atoms. The van der Waals surface area contributed by atoms with E-state index in [0.29, 0.717) is 5.69 Å². The maximum absolute atomic E-state index is 13.6. The van der Waals surface area contributed by atoms with Gasteiger partial charge in [0.2, 0.25) is 5.91 Å². The maximum atomic E-state index is 13.6. The Balaban J connectivity index is 1.64. The highest BCUT2D eigenvalue weighted by Crippen LogP contribution is 2.44. The lowest BCUT2D eigenvalue weighted by Crippen LogP contribution is -2.48. The lowest BCUT2D eigenvalue weighted by Gasteiger charge is -2.30. The second-order valence-corrected chi connectivity index (χ2v) is 9.60. The van der Waals surface area contributed by atoms with Crippen LogP contribution in [0.3, 0.4) is 0 Å². The number of likely N-dealkylation sites (tertiary alicyclic amines) is 1. The van der Waals surface area contributed by atoms with E-state index in [1.165, 1.54) is 28.4 Å². The maximum Gasteiger partial charge on any atom is 0.323 e. The highest BCUT2D eigenvalue weighted by atomic mass is 32.1. The van der Waals surface area contributed by atoms with Crippen molar-refractivity contribution in [3.05, 3.63) is 87.9 Å². The summed E-state index contributed by atoms with van der Waals surface area (Å²) in [6, 6.07) is 14.8. The number of amides is 3. The number of urea groups is 1. The number of nitrogens with one attached hydrogen (secondary N) is 2. The molecule has 7 nitrogen and oxygen atoms in total. The van der Waals surface area contributed by atoms with Gasteiger partial charge in [0.15, 0.2) is 0 Å². The fraction of sp³-hybridized carbons (Fsp3) is 0.296. The molecule has 2 aromatic carbocycles. The summed E-state index contributed by atoms with van der Waals surface area (Å²) in [4.78, 5) is 42.2. The molecule has 1 fully saturated rings. The van der Waals surface area contributed by atoms with Crippen molar-refractivity contribution in [3.63, 3.8) is 0 Å². The number of nitrogens with zero attached hydrogens (tertiary/aromatic N) is 1. The average Bonchev–Trinajstić information content (AvgIpc) is 3.52. The molecule has 188 valence electrons. The number of carbonyl (C=O) groups is 3. The third-order valence-electron chi connectivity index (χ3n) is 6.10. The number of hydrogen-bond donors (Lipinski definition) is 2. The van der Waals surface area contributed by atoms with Gasteiger partial charge in [-0.25, -0.2) is 9.18 Å². The predicted octanol–water partition coefficient (Wildman–Crippen LogP) is 5.04. The van der Waals surface area contributed by atoms with Crippen LogP contribution in [0.1, 0.15) is 35.4 Å². The van der Waals surface area contributed by atoms with E-state index >= 15 is 0 Å². The van der Waals surface area contributed by atoms with E-state index < -0.39 is 35.9 Å². The number of esters is 1. The summed E-state index contributed by atoms with van der Waals surface area (Å²) in [6.07, 6.45) is 0.123. The van der Waals surface area contributed by atoms with Crippen LogP contribution in [0.25, 0.3) is 0 Å². The third-order valence-corrected chi connectivity index (χ3v) is 7.05. The Morgan fingerprint density at radius 3 is 2.56 bits per heavy atom. The number of anilines is 1. The Hall–Kier alpha value is -3.72. The van der Waals surface area contributed by atoms with Gasteiger partial charge in [0.05, 0.1) is 18.6 Å². The van der Waals surface area contributed by atoms with E-state index in [9.17, 15) is 18.8 Å². The fourth-order valence-electron chi connectivity index (χ4n) is 4.46. The van der Waals surface area contributed by atoms with Gasteiger partial charge in [-0.15, -0.1) is 11.3 Å². The van der Waals surface area contributed by atoms with Crippen LogP contribution in [-0.2, 0) is 20.9 Å². The SMILES string of the molecule is CCOC(=O)C1CC(C(=O)NCc2ccc(F)cc2)N(C(=O)Nc2cccc(C)c2)C1c1cccs1. The summed E-state index contributed by atoms with van der Waals surface area (Å²) in [7, 11) is 0. The van der Waals surface area contributed by atoms with Crippen LogP contribution in [0.2, 0.25) is 0 Å². The standard InChI is InChI=1S/C27H28FN3O4S/c1-3-35-26(33)21-15-22(25(32)29-16-18-9-11-19(28)12-10-18)31(24(21)23-8-5-13-36-23)27(34)30-20-7-4-6-17(2)14-20/h4-14,21-22,24H,3,15-16H2,1-2H3,(H,29,32)(H,30,34). The zero-order valence-electron chi connectivity index (χ0n) is 20.1. The quantitative estimate of drug-likeness (QED) is 0.437. The van der Waals surface area contributed by atoms with Crippen molar-refractivity contribution in [2.75, 3.05) is 11.9 Å². The summed E-state index contributed by atoms with van der Waals surface area (Å²) < 4.78 is 18.6. The zero-order valence-corrected chi connectivity index (χ0v) is 20.9. The van der Waals surface area contributed by atoms with E-state index in [0.717, 1.165) is 16.0 Å². The summed E-state index contributed by atoms with van der Waals surface area (Å²) in [5.74, 6) is -1.91. The van der Waals surface area contributed by atoms with Crippen LogP contribution in [0, 0.1) is 18.7 Å². The molecule has 0 radical (unpaired) electrons. The van der Waals surface area contributed by atoms with Gasteiger partial charge < -0.3 is 20.3 Å². The molecule has 1 saturated heterocycles. The van der Waals surface area contributed by atoms with Gasteiger partial charge in [0.1, 0.15) is 11.9 Å². The van der Waals surface area contributed by atoms with Crippen LogP contribution >= 0.6 is 11.3 Å². The molecule has 3 unspecified atom stereocenters. The molecule has 1 aliphatic rings. The van der Waals surface area contributed by atoms with Gasteiger partial charge >= 0.3 is 12.0 Å². The van der Waals surface area contributed by atoms with Crippen molar-refractivity contribution in [2.24, 2.45) is 5.92 Å². The van der Waals surface area contributed by atoms with Crippen molar-refractivity contribution in [1.29, 1.82) is 0 Å². The van der Waals surface area contributed by atoms with Gasteiger partial charge in [-0.05, 0) is 67.1 Å². The normalized spacial score (nSPS) is 19.1. The van der Waals surface area contributed by atoms with Crippen molar-refractivity contribution in [2.45, 2.75) is 38.9 Å². The minimum Gasteiger partial charge on any atom is -0.466 e. The van der Waals surface area contributed by atoms with E-state index in [1.807, 2.05) is 42.6 Å². The zero-order chi connectivity index (χ0) is 25.7. The molecular weight excluding hydrogens is 481 g/mol. The second kappa shape index (κ2) is 11.3. The first-order valence-corrected chi connectivity index (χ1v) is 12.6. The number of benzene rings is 2. The van der Waals surface area contributed by atoms with Gasteiger partial charge in [0, 0.05) is 17.1 Å². The van der Waals surface area contributed by atoms with Crippen LogP contribution in [0.5, 0.6) is 0 Å². The van der Waals surface area contributed by atoms with E-state index in [2.05, 4.69) is 10.6 Å². The summed E-state index contributed by atoms with van der Waals surface area (Å²) in [5.41, 5.74) is 2.28. The van der Waals surface area contributed by atoms with E-state index in [4.69, 9.17) is 4.74 Å². The van der Waals surface area contributed by atoms with Gasteiger partial charge in [-0.2, -0.15) is 0 Å². The lowest BCUT2D eigenvalue weighted by atomic mass is 9.97.